The van der Waals surface area contributed by atoms with Crippen molar-refractivity contribution in [2.75, 3.05) is 26.8 Å². The van der Waals surface area contributed by atoms with Crippen molar-refractivity contribution in [2.45, 2.75) is 33.6 Å². The van der Waals surface area contributed by atoms with Gasteiger partial charge in [-0.2, -0.15) is 0 Å². The molecule has 1 rings (SSSR count). The fraction of sp³-hybridized carbons (Fsp3) is 0.625. The number of nitrogens with one attached hydrogen (secondary N) is 1. The molecule has 0 aliphatic heterocycles. The molecule has 0 bridgehead atoms. The van der Waals surface area contributed by atoms with Crippen molar-refractivity contribution in [1.82, 2.24) is 5.32 Å². The average Bonchev–Trinajstić information content (AvgIpc) is 2.35. The second kappa shape index (κ2) is 7.55. The standard InChI is InChI=1S/C16H27NO/c1-5-16(3,13-17-9-10-18-4)12-15-8-6-7-14(2)11-15/h6-8,11,17H,5,9-10,12-13H2,1-4H3. The Labute approximate surface area is 112 Å². The zero-order valence-corrected chi connectivity index (χ0v) is 12.3. The van der Waals surface area contributed by atoms with Crippen LogP contribution in [0.1, 0.15) is 31.4 Å². The Morgan fingerprint density at radius 2 is 2.11 bits per heavy atom. The predicted octanol–water partition coefficient (Wildman–Crippen LogP) is 3.19. The third-order valence-electron chi connectivity index (χ3n) is 3.60. The molecule has 1 atom stereocenters. The lowest BCUT2D eigenvalue weighted by Gasteiger charge is -2.29. The molecule has 1 N–H and O–H groups in total. The highest BCUT2D eigenvalue weighted by atomic mass is 16.5. The minimum absolute atomic E-state index is 0.321. The SMILES string of the molecule is CCC(C)(CNCCOC)Cc1cccc(C)c1. The predicted molar refractivity (Wildman–Crippen MR) is 78.0 cm³/mol. The van der Waals surface area contributed by atoms with Crippen LogP contribution < -0.4 is 5.32 Å². The van der Waals surface area contributed by atoms with Gasteiger partial charge < -0.3 is 10.1 Å². The molecule has 102 valence electrons. The molecule has 2 nitrogen and oxygen atoms in total. The lowest BCUT2D eigenvalue weighted by atomic mass is 9.81. The van der Waals surface area contributed by atoms with Crippen LogP contribution in [0.3, 0.4) is 0 Å². The van der Waals surface area contributed by atoms with E-state index in [1.54, 1.807) is 7.11 Å². The molecule has 0 heterocycles. The summed E-state index contributed by atoms with van der Waals surface area (Å²) < 4.78 is 5.06. The smallest absolute Gasteiger partial charge is 0.0587 e. The van der Waals surface area contributed by atoms with Gasteiger partial charge in [-0.05, 0) is 30.7 Å². The van der Waals surface area contributed by atoms with E-state index in [0.29, 0.717) is 5.41 Å². The molecule has 0 amide bonds. The van der Waals surface area contributed by atoms with Crippen molar-refractivity contribution < 1.29 is 4.74 Å². The zero-order valence-electron chi connectivity index (χ0n) is 12.3. The van der Waals surface area contributed by atoms with E-state index >= 15 is 0 Å². The monoisotopic (exact) mass is 249 g/mol. The quantitative estimate of drug-likeness (QED) is 0.714. The Hall–Kier alpha value is -0.860. The molecular weight excluding hydrogens is 222 g/mol. The largest absolute Gasteiger partial charge is 0.383 e. The highest BCUT2D eigenvalue weighted by Gasteiger charge is 2.22. The second-order valence-electron chi connectivity index (χ2n) is 5.50. The van der Waals surface area contributed by atoms with Gasteiger partial charge in [0.2, 0.25) is 0 Å². The minimum atomic E-state index is 0.321. The van der Waals surface area contributed by atoms with E-state index in [4.69, 9.17) is 4.74 Å². The summed E-state index contributed by atoms with van der Waals surface area (Å²) in [4.78, 5) is 0. The van der Waals surface area contributed by atoms with E-state index in [1.807, 2.05) is 0 Å². The van der Waals surface area contributed by atoms with Gasteiger partial charge in [-0.3, -0.25) is 0 Å². The summed E-state index contributed by atoms with van der Waals surface area (Å²) >= 11 is 0. The number of ether oxygens (including phenoxy) is 1. The van der Waals surface area contributed by atoms with Crippen LogP contribution >= 0.6 is 0 Å². The van der Waals surface area contributed by atoms with E-state index in [2.05, 4.69) is 50.4 Å². The number of benzene rings is 1. The summed E-state index contributed by atoms with van der Waals surface area (Å²) in [7, 11) is 1.74. The molecule has 0 saturated carbocycles. The van der Waals surface area contributed by atoms with Crippen LogP contribution in [-0.2, 0) is 11.2 Å². The summed E-state index contributed by atoms with van der Waals surface area (Å²) in [6, 6.07) is 8.84. The molecule has 2 heteroatoms. The van der Waals surface area contributed by atoms with Gasteiger partial charge in [0.1, 0.15) is 0 Å². The van der Waals surface area contributed by atoms with Gasteiger partial charge in [-0.25, -0.2) is 0 Å². The second-order valence-corrected chi connectivity index (χ2v) is 5.50. The van der Waals surface area contributed by atoms with Gasteiger partial charge in [-0.1, -0.05) is 43.7 Å². The third kappa shape index (κ3) is 5.19. The van der Waals surface area contributed by atoms with Gasteiger partial charge in [0.15, 0.2) is 0 Å². The minimum Gasteiger partial charge on any atom is -0.383 e. The molecule has 1 aromatic rings. The normalized spacial score (nSPS) is 14.4. The van der Waals surface area contributed by atoms with Gasteiger partial charge in [0, 0.05) is 20.2 Å². The molecule has 0 aromatic heterocycles. The number of hydrogen-bond acceptors (Lipinski definition) is 2. The lowest BCUT2D eigenvalue weighted by Crippen LogP contribution is -2.34. The molecule has 18 heavy (non-hydrogen) atoms. The van der Waals surface area contributed by atoms with Crippen LogP contribution in [0, 0.1) is 12.3 Å². The number of aryl methyl sites for hydroxylation is 1. The van der Waals surface area contributed by atoms with Gasteiger partial charge >= 0.3 is 0 Å². The molecule has 1 aromatic carbocycles. The van der Waals surface area contributed by atoms with E-state index < -0.39 is 0 Å². The first-order valence-electron chi connectivity index (χ1n) is 6.85. The maximum Gasteiger partial charge on any atom is 0.0587 e. The maximum absolute atomic E-state index is 5.06. The maximum atomic E-state index is 5.06. The van der Waals surface area contributed by atoms with Crippen molar-refractivity contribution in [2.24, 2.45) is 5.41 Å². The fourth-order valence-electron chi connectivity index (χ4n) is 2.19. The molecule has 0 radical (unpaired) electrons. The Balaban J connectivity index is 2.53. The Morgan fingerprint density at radius 3 is 2.72 bits per heavy atom. The topological polar surface area (TPSA) is 21.3 Å². The molecule has 0 aliphatic carbocycles. The number of rotatable bonds is 8. The van der Waals surface area contributed by atoms with E-state index in [-0.39, 0.29) is 0 Å². The summed E-state index contributed by atoms with van der Waals surface area (Å²) in [5.41, 5.74) is 3.10. The van der Waals surface area contributed by atoms with Crippen molar-refractivity contribution in [1.29, 1.82) is 0 Å². The fourth-order valence-corrected chi connectivity index (χ4v) is 2.19. The summed E-state index contributed by atoms with van der Waals surface area (Å²) in [5.74, 6) is 0. The average molecular weight is 249 g/mol. The van der Waals surface area contributed by atoms with E-state index in [0.717, 1.165) is 26.1 Å². The molecule has 1 unspecified atom stereocenters. The van der Waals surface area contributed by atoms with E-state index in [1.165, 1.54) is 17.5 Å². The van der Waals surface area contributed by atoms with Crippen LogP contribution in [-0.4, -0.2) is 26.8 Å². The lowest BCUT2D eigenvalue weighted by molar-refractivity contribution is 0.191. The van der Waals surface area contributed by atoms with Gasteiger partial charge in [0.25, 0.3) is 0 Å². The number of hydrogen-bond donors (Lipinski definition) is 1. The highest BCUT2D eigenvalue weighted by Crippen LogP contribution is 2.26. The van der Waals surface area contributed by atoms with Crippen molar-refractivity contribution in [3.8, 4) is 0 Å². The van der Waals surface area contributed by atoms with Gasteiger partial charge in [0.05, 0.1) is 6.61 Å². The van der Waals surface area contributed by atoms with E-state index in [9.17, 15) is 0 Å². The summed E-state index contributed by atoms with van der Waals surface area (Å²) in [6.07, 6.45) is 2.31. The van der Waals surface area contributed by atoms with Crippen molar-refractivity contribution in [3.63, 3.8) is 0 Å². The zero-order chi connectivity index (χ0) is 13.4. The number of methoxy groups -OCH3 is 1. The highest BCUT2D eigenvalue weighted by molar-refractivity contribution is 5.23. The Kier molecular flexibility index (Phi) is 6.37. The first-order chi connectivity index (χ1) is 8.59. The molecule has 0 saturated heterocycles. The molecule has 0 spiro atoms. The molecule has 0 aliphatic rings. The summed E-state index contributed by atoms with van der Waals surface area (Å²) in [5, 5.41) is 3.49. The Morgan fingerprint density at radius 1 is 1.33 bits per heavy atom. The van der Waals surface area contributed by atoms with Crippen LogP contribution in [0.25, 0.3) is 0 Å². The van der Waals surface area contributed by atoms with Crippen molar-refractivity contribution in [3.05, 3.63) is 35.4 Å². The molecular formula is C16H27NO. The first-order valence-corrected chi connectivity index (χ1v) is 6.85. The molecule has 0 fully saturated rings. The van der Waals surface area contributed by atoms with Crippen LogP contribution in [0.15, 0.2) is 24.3 Å². The Bertz CT molecular complexity index is 351. The summed E-state index contributed by atoms with van der Waals surface area (Å²) in [6.45, 7) is 9.54. The van der Waals surface area contributed by atoms with Crippen LogP contribution in [0.2, 0.25) is 0 Å². The van der Waals surface area contributed by atoms with Crippen LogP contribution in [0.4, 0.5) is 0 Å². The van der Waals surface area contributed by atoms with Gasteiger partial charge in [-0.15, -0.1) is 0 Å². The van der Waals surface area contributed by atoms with Crippen molar-refractivity contribution >= 4 is 0 Å². The van der Waals surface area contributed by atoms with Crippen LogP contribution in [0.5, 0.6) is 0 Å². The first kappa shape index (κ1) is 15.2. The third-order valence-corrected chi connectivity index (χ3v) is 3.60.